The van der Waals surface area contributed by atoms with Gasteiger partial charge in [0.15, 0.2) is 0 Å². The number of benzene rings is 3. The molecule has 4 rings (SSSR count). The largest absolute Gasteiger partial charge is 0.494 e. The summed E-state index contributed by atoms with van der Waals surface area (Å²) in [6.45, 7) is 4.67. The van der Waals surface area contributed by atoms with Crippen molar-refractivity contribution >= 4 is 39.2 Å². The molecule has 0 saturated heterocycles. The highest BCUT2D eigenvalue weighted by Crippen LogP contribution is 2.31. The lowest BCUT2D eigenvalue weighted by atomic mass is 10.2. The van der Waals surface area contributed by atoms with E-state index in [9.17, 15) is 4.79 Å². The maximum atomic E-state index is 12.2. The van der Waals surface area contributed by atoms with Crippen LogP contribution < -0.4 is 10.1 Å². The summed E-state index contributed by atoms with van der Waals surface area (Å²) in [6, 6.07) is 21.7. The van der Waals surface area contributed by atoms with Crippen LogP contribution in [-0.2, 0) is 4.79 Å². The standard InChI is InChI=1S/C25H22N2O2S/c1-3-29-21-12-5-18(6-13-21)7-15-24(28)26-20-10-8-19(9-11-20)25-27-22-14-4-17(2)16-23(22)30-25/h4-16H,3H2,1-2H3,(H,26,28). The predicted molar refractivity (Wildman–Crippen MR) is 125 cm³/mol. The number of thiazole rings is 1. The monoisotopic (exact) mass is 414 g/mol. The van der Waals surface area contributed by atoms with Gasteiger partial charge in [-0.05, 0) is 79.6 Å². The van der Waals surface area contributed by atoms with E-state index in [0.717, 1.165) is 33.1 Å². The number of rotatable bonds is 6. The lowest BCUT2D eigenvalue weighted by Crippen LogP contribution is -2.07. The smallest absolute Gasteiger partial charge is 0.248 e. The minimum Gasteiger partial charge on any atom is -0.494 e. The lowest BCUT2D eigenvalue weighted by molar-refractivity contribution is -0.111. The number of hydrogen-bond donors (Lipinski definition) is 1. The third-order valence-electron chi connectivity index (χ3n) is 4.56. The minimum absolute atomic E-state index is 0.174. The molecule has 30 heavy (non-hydrogen) atoms. The molecule has 0 bridgehead atoms. The third-order valence-corrected chi connectivity index (χ3v) is 5.63. The molecule has 5 heteroatoms. The van der Waals surface area contributed by atoms with Gasteiger partial charge in [-0.1, -0.05) is 18.2 Å². The van der Waals surface area contributed by atoms with E-state index in [0.29, 0.717) is 6.61 Å². The maximum Gasteiger partial charge on any atom is 0.248 e. The number of ether oxygens (including phenoxy) is 1. The number of aryl methyl sites for hydroxylation is 1. The quantitative estimate of drug-likeness (QED) is 0.376. The molecule has 1 amide bonds. The molecule has 0 aliphatic carbocycles. The van der Waals surface area contributed by atoms with Crippen LogP contribution in [0, 0.1) is 6.92 Å². The Morgan fingerprint density at radius 3 is 2.57 bits per heavy atom. The van der Waals surface area contributed by atoms with Gasteiger partial charge in [0.25, 0.3) is 0 Å². The van der Waals surface area contributed by atoms with Gasteiger partial charge in [-0.2, -0.15) is 0 Å². The first-order chi connectivity index (χ1) is 14.6. The predicted octanol–water partition coefficient (Wildman–Crippen LogP) is 6.32. The van der Waals surface area contributed by atoms with Gasteiger partial charge in [-0.3, -0.25) is 4.79 Å². The van der Waals surface area contributed by atoms with Crippen LogP contribution >= 0.6 is 11.3 Å². The van der Waals surface area contributed by atoms with Crippen LogP contribution in [0.4, 0.5) is 5.69 Å². The zero-order valence-corrected chi connectivity index (χ0v) is 17.7. The first kappa shape index (κ1) is 19.9. The van der Waals surface area contributed by atoms with Crippen molar-refractivity contribution < 1.29 is 9.53 Å². The summed E-state index contributed by atoms with van der Waals surface area (Å²) in [7, 11) is 0. The van der Waals surface area contributed by atoms with Crippen molar-refractivity contribution in [3.8, 4) is 16.3 Å². The number of hydrogen-bond acceptors (Lipinski definition) is 4. The summed E-state index contributed by atoms with van der Waals surface area (Å²) < 4.78 is 6.60. The zero-order chi connectivity index (χ0) is 20.9. The van der Waals surface area contributed by atoms with Crippen molar-refractivity contribution in [1.82, 2.24) is 4.98 Å². The fourth-order valence-electron chi connectivity index (χ4n) is 3.05. The highest BCUT2D eigenvalue weighted by atomic mass is 32.1. The lowest BCUT2D eigenvalue weighted by Gasteiger charge is -2.04. The SMILES string of the molecule is CCOc1ccc(C=CC(=O)Nc2ccc(-c3nc4ccc(C)cc4s3)cc2)cc1. The summed E-state index contributed by atoms with van der Waals surface area (Å²) in [6.07, 6.45) is 3.31. The van der Waals surface area contributed by atoms with Gasteiger partial charge in [-0.25, -0.2) is 4.98 Å². The molecule has 0 saturated carbocycles. The van der Waals surface area contributed by atoms with E-state index in [2.05, 4.69) is 30.4 Å². The van der Waals surface area contributed by atoms with Crippen molar-refractivity contribution in [2.45, 2.75) is 13.8 Å². The molecule has 0 spiro atoms. The third kappa shape index (κ3) is 4.75. The molecule has 0 fully saturated rings. The van der Waals surface area contributed by atoms with Crippen molar-refractivity contribution in [2.24, 2.45) is 0 Å². The second-order valence-electron chi connectivity index (χ2n) is 6.89. The number of anilines is 1. The van der Waals surface area contributed by atoms with Gasteiger partial charge in [0.05, 0.1) is 16.8 Å². The Hall–Kier alpha value is -3.44. The van der Waals surface area contributed by atoms with Crippen molar-refractivity contribution in [1.29, 1.82) is 0 Å². The molecule has 3 aromatic carbocycles. The fourth-order valence-corrected chi connectivity index (χ4v) is 4.12. The number of nitrogens with zero attached hydrogens (tertiary/aromatic N) is 1. The van der Waals surface area contributed by atoms with E-state index in [-0.39, 0.29) is 5.91 Å². The fraction of sp³-hybridized carbons (Fsp3) is 0.120. The Bertz CT molecular complexity index is 1190. The molecule has 0 aliphatic heterocycles. The molecule has 0 atom stereocenters. The molecule has 1 N–H and O–H groups in total. The second kappa shape index (κ2) is 8.93. The highest BCUT2D eigenvalue weighted by molar-refractivity contribution is 7.21. The van der Waals surface area contributed by atoms with Gasteiger partial charge in [0, 0.05) is 17.3 Å². The molecular weight excluding hydrogens is 392 g/mol. The van der Waals surface area contributed by atoms with Gasteiger partial charge in [0.2, 0.25) is 5.91 Å². The van der Waals surface area contributed by atoms with Crippen LogP contribution in [0.5, 0.6) is 5.75 Å². The number of fused-ring (bicyclic) bond motifs is 1. The van der Waals surface area contributed by atoms with E-state index >= 15 is 0 Å². The van der Waals surface area contributed by atoms with Gasteiger partial charge in [0.1, 0.15) is 10.8 Å². The van der Waals surface area contributed by atoms with E-state index in [1.54, 1.807) is 17.4 Å². The molecular formula is C25H22N2O2S. The van der Waals surface area contributed by atoms with Crippen molar-refractivity contribution in [2.75, 3.05) is 11.9 Å². The van der Waals surface area contributed by atoms with Crippen LogP contribution in [0.1, 0.15) is 18.1 Å². The van der Waals surface area contributed by atoms with E-state index in [4.69, 9.17) is 9.72 Å². The number of aromatic nitrogens is 1. The van der Waals surface area contributed by atoms with Crippen molar-refractivity contribution in [3.05, 3.63) is 83.9 Å². The molecule has 1 heterocycles. The van der Waals surface area contributed by atoms with E-state index < -0.39 is 0 Å². The van der Waals surface area contributed by atoms with Crippen molar-refractivity contribution in [3.63, 3.8) is 0 Å². The minimum atomic E-state index is -0.174. The first-order valence-electron chi connectivity index (χ1n) is 9.80. The Morgan fingerprint density at radius 2 is 1.83 bits per heavy atom. The molecule has 4 aromatic rings. The first-order valence-corrected chi connectivity index (χ1v) is 10.6. The molecule has 4 nitrogen and oxygen atoms in total. The zero-order valence-electron chi connectivity index (χ0n) is 16.9. The van der Waals surface area contributed by atoms with Crippen LogP contribution in [-0.4, -0.2) is 17.5 Å². The summed E-state index contributed by atoms with van der Waals surface area (Å²) in [4.78, 5) is 16.9. The molecule has 0 aliphatic rings. The van der Waals surface area contributed by atoms with Gasteiger partial charge >= 0.3 is 0 Å². The Balaban J connectivity index is 1.40. The Labute approximate surface area is 179 Å². The Morgan fingerprint density at radius 1 is 1.07 bits per heavy atom. The molecule has 0 radical (unpaired) electrons. The Kier molecular flexibility index (Phi) is 5.91. The summed E-state index contributed by atoms with van der Waals surface area (Å²) in [5.41, 5.74) is 4.97. The molecule has 1 aromatic heterocycles. The van der Waals surface area contributed by atoms with Crippen LogP contribution in [0.3, 0.4) is 0 Å². The summed E-state index contributed by atoms with van der Waals surface area (Å²) in [5, 5.41) is 3.86. The van der Waals surface area contributed by atoms with Gasteiger partial charge < -0.3 is 10.1 Å². The highest BCUT2D eigenvalue weighted by Gasteiger charge is 2.07. The van der Waals surface area contributed by atoms with E-state index in [1.165, 1.54) is 16.3 Å². The van der Waals surface area contributed by atoms with Crippen LogP contribution in [0.2, 0.25) is 0 Å². The van der Waals surface area contributed by atoms with Gasteiger partial charge in [-0.15, -0.1) is 11.3 Å². The maximum absolute atomic E-state index is 12.2. The number of amides is 1. The van der Waals surface area contributed by atoms with E-state index in [1.807, 2.05) is 55.5 Å². The molecule has 150 valence electrons. The number of nitrogens with one attached hydrogen (secondary N) is 1. The number of carbonyl (C=O) groups is 1. The second-order valence-corrected chi connectivity index (χ2v) is 7.92. The summed E-state index contributed by atoms with van der Waals surface area (Å²) in [5.74, 6) is 0.648. The average molecular weight is 415 g/mol. The van der Waals surface area contributed by atoms with Crippen LogP contribution in [0.25, 0.3) is 26.9 Å². The summed E-state index contributed by atoms with van der Waals surface area (Å²) >= 11 is 1.68. The topological polar surface area (TPSA) is 51.2 Å². The average Bonchev–Trinajstić information content (AvgIpc) is 3.17. The normalized spacial score (nSPS) is 11.1. The molecule has 0 unspecified atom stereocenters. The van der Waals surface area contributed by atoms with Crippen LogP contribution in [0.15, 0.2) is 72.8 Å². The number of carbonyl (C=O) groups excluding carboxylic acids is 1.